The van der Waals surface area contributed by atoms with Crippen LogP contribution in [0.25, 0.3) is 0 Å². The van der Waals surface area contributed by atoms with Gasteiger partial charge in [0.1, 0.15) is 12.4 Å². The van der Waals surface area contributed by atoms with Crippen molar-refractivity contribution in [2.24, 2.45) is 0 Å². The van der Waals surface area contributed by atoms with Gasteiger partial charge in [-0.05, 0) is 17.7 Å². The number of hydrogen-bond acceptors (Lipinski definition) is 4. The smallest absolute Gasteiger partial charge is 0.322 e. The van der Waals surface area contributed by atoms with E-state index in [1.54, 1.807) is 30.3 Å². The summed E-state index contributed by atoms with van der Waals surface area (Å²) in [4.78, 5) is 49.8. The van der Waals surface area contributed by atoms with Crippen molar-refractivity contribution in [2.45, 2.75) is 6.54 Å². The van der Waals surface area contributed by atoms with Crippen molar-refractivity contribution in [3.63, 3.8) is 0 Å². The number of carbonyl (C=O) groups is 4. The molecule has 132 valence electrons. The number of imide groups is 2. The number of urea groups is 1. The first kappa shape index (κ1) is 17.3. The van der Waals surface area contributed by atoms with Crippen molar-refractivity contribution in [3.8, 4) is 0 Å². The lowest BCUT2D eigenvalue weighted by atomic mass is 10.2. The maximum Gasteiger partial charge on any atom is 0.335 e. The maximum atomic E-state index is 13.6. The zero-order valence-electron chi connectivity index (χ0n) is 13.5. The predicted octanol–water partition coefficient (Wildman–Crippen LogP) is 1.76. The van der Waals surface area contributed by atoms with Crippen LogP contribution in [0.5, 0.6) is 0 Å². The van der Waals surface area contributed by atoms with E-state index in [1.807, 2.05) is 0 Å². The molecule has 8 heteroatoms. The Morgan fingerprint density at radius 2 is 1.50 bits per heavy atom. The Kier molecular flexibility index (Phi) is 4.74. The molecule has 1 aliphatic heterocycles. The van der Waals surface area contributed by atoms with Gasteiger partial charge in [0.15, 0.2) is 0 Å². The number of amides is 5. The average Bonchev–Trinajstić information content (AvgIpc) is 2.83. The van der Waals surface area contributed by atoms with Crippen LogP contribution in [-0.4, -0.2) is 40.1 Å². The lowest BCUT2D eigenvalue weighted by Gasteiger charge is -2.15. The van der Waals surface area contributed by atoms with Crippen LogP contribution < -0.4 is 5.32 Å². The highest BCUT2D eigenvalue weighted by molar-refractivity contribution is 6.45. The first-order valence-corrected chi connectivity index (χ1v) is 7.73. The molecule has 1 saturated heterocycles. The Morgan fingerprint density at radius 1 is 0.885 bits per heavy atom. The van der Waals surface area contributed by atoms with Crippen LogP contribution in [0.2, 0.25) is 0 Å². The molecule has 5 amide bonds. The number of para-hydroxylation sites is 1. The number of carbonyl (C=O) groups excluding carboxylic acids is 4. The molecule has 0 saturated carbocycles. The van der Waals surface area contributed by atoms with Crippen molar-refractivity contribution in [1.82, 2.24) is 9.80 Å². The van der Waals surface area contributed by atoms with Gasteiger partial charge in [-0.3, -0.25) is 19.3 Å². The standard InChI is InChI=1S/C18H14FN3O4/c19-13-8-4-5-9-14(13)20-15(23)11-22-17(25)16(24)21(18(22)26)10-12-6-2-1-3-7-12/h1-9H,10-11H2,(H,20,23). The molecule has 1 heterocycles. The van der Waals surface area contributed by atoms with E-state index in [-0.39, 0.29) is 12.2 Å². The second-order valence-corrected chi connectivity index (χ2v) is 5.58. The number of halogens is 1. The monoisotopic (exact) mass is 355 g/mol. The fourth-order valence-electron chi connectivity index (χ4n) is 2.49. The van der Waals surface area contributed by atoms with Crippen LogP contribution in [0, 0.1) is 5.82 Å². The summed E-state index contributed by atoms with van der Waals surface area (Å²) in [5, 5.41) is 2.27. The van der Waals surface area contributed by atoms with Gasteiger partial charge < -0.3 is 5.32 Å². The minimum Gasteiger partial charge on any atom is -0.322 e. The predicted molar refractivity (Wildman–Crippen MR) is 89.1 cm³/mol. The topological polar surface area (TPSA) is 86.8 Å². The Balaban J connectivity index is 1.69. The molecule has 26 heavy (non-hydrogen) atoms. The van der Waals surface area contributed by atoms with Gasteiger partial charge in [0.25, 0.3) is 0 Å². The van der Waals surface area contributed by atoms with E-state index in [0.717, 1.165) is 11.0 Å². The third-order valence-electron chi connectivity index (χ3n) is 3.77. The SMILES string of the molecule is O=C(CN1C(=O)C(=O)N(Cc2ccccc2)C1=O)Nc1ccccc1F. The molecule has 2 aromatic carbocycles. The molecule has 0 aliphatic carbocycles. The lowest BCUT2D eigenvalue weighted by molar-refractivity contribution is -0.143. The molecule has 0 unspecified atom stereocenters. The Hall–Kier alpha value is -3.55. The van der Waals surface area contributed by atoms with E-state index >= 15 is 0 Å². The van der Waals surface area contributed by atoms with Crippen molar-refractivity contribution >= 4 is 29.4 Å². The highest BCUT2D eigenvalue weighted by Gasteiger charge is 2.45. The summed E-state index contributed by atoms with van der Waals surface area (Å²) in [5.41, 5.74) is 0.587. The molecule has 1 aliphatic rings. The average molecular weight is 355 g/mol. The molecule has 2 aromatic rings. The van der Waals surface area contributed by atoms with E-state index in [1.165, 1.54) is 18.2 Å². The molecule has 1 N–H and O–H groups in total. The molecule has 0 aromatic heterocycles. The Bertz CT molecular complexity index is 885. The van der Waals surface area contributed by atoms with Gasteiger partial charge in [0.05, 0.1) is 12.2 Å². The molecule has 1 fully saturated rings. The van der Waals surface area contributed by atoms with Gasteiger partial charge in [-0.2, -0.15) is 0 Å². The summed E-state index contributed by atoms with van der Waals surface area (Å²) in [7, 11) is 0. The number of hydrogen-bond donors (Lipinski definition) is 1. The Morgan fingerprint density at radius 3 is 2.19 bits per heavy atom. The van der Waals surface area contributed by atoms with Crippen LogP contribution in [0.3, 0.4) is 0 Å². The summed E-state index contributed by atoms with van der Waals surface area (Å²) < 4.78 is 13.6. The number of anilines is 1. The van der Waals surface area contributed by atoms with Crippen molar-refractivity contribution in [2.75, 3.05) is 11.9 Å². The van der Waals surface area contributed by atoms with E-state index in [0.29, 0.717) is 10.5 Å². The van der Waals surface area contributed by atoms with Crippen molar-refractivity contribution in [1.29, 1.82) is 0 Å². The van der Waals surface area contributed by atoms with Gasteiger partial charge in [0, 0.05) is 0 Å². The van der Waals surface area contributed by atoms with Crippen LogP contribution in [0.1, 0.15) is 5.56 Å². The molecule has 0 radical (unpaired) electrons. The van der Waals surface area contributed by atoms with E-state index < -0.39 is 36.1 Å². The third-order valence-corrected chi connectivity index (χ3v) is 3.77. The number of rotatable bonds is 5. The van der Waals surface area contributed by atoms with E-state index in [9.17, 15) is 23.6 Å². The molecular formula is C18H14FN3O4. The second-order valence-electron chi connectivity index (χ2n) is 5.58. The van der Waals surface area contributed by atoms with E-state index in [2.05, 4.69) is 5.32 Å². The number of nitrogens with zero attached hydrogens (tertiary/aromatic N) is 2. The van der Waals surface area contributed by atoms with Gasteiger partial charge in [-0.25, -0.2) is 14.1 Å². The van der Waals surface area contributed by atoms with Crippen LogP contribution in [0.15, 0.2) is 54.6 Å². The summed E-state index contributed by atoms with van der Waals surface area (Å²) in [6.45, 7) is -0.751. The summed E-state index contributed by atoms with van der Waals surface area (Å²) >= 11 is 0. The van der Waals surface area contributed by atoms with Gasteiger partial charge in [-0.15, -0.1) is 0 Å². The minimum absolute atomic E-state index is 0.0737. The summed E-state index contributed by atoms with van der Waals surface area (Å²) in [6, 6.07) is 13.3. The van der Waals surface area contributed by atoms with Crippen molar-refractivity contribution < 1.29 is 23.6 Å². The van der Waals surface area contributed by atoms with E-state index in [4.69, 9.17) is 0 Å². The largest absolute Gasteiger partial charge is 0.335 e. The van der Waals surface area contributed by atoms with Crippen LogP contribution in [-0.2, 0) is 20.9 Å². The zero-order chi connectivity index (χ0) is 18.7. The summed E-state index contributed by atoms with van der Waals surface area (Å²) in [5.74, 6) is -3.53. The fraction of sp³-hybridized carbons (Fsp3) is 0.111. The maximum absolute atomic E-state index is 13.6. The van der Waals surface area contributed by atoms with Crippen LogP contribution >= 0.6 is 0 Å². The highest BCUT2D eigenvalue weighted by Crippen LogP contribution is 2.17. The van der Waals surface area contributed by atoms with Gasteiger partial charge in [-0.1, -0.05) is 42.5 Å². The molecule has 0 atom stereocenters. The second kappa shape index (κ2) is 7.14. The van der Waals surface area contributed by atoms with Crippen LogP contribution in [0.4, 0.5) is 14.9 Å². The summed E-state index contributed by atoms with van der Waals surface area (Å²) in [6.07, 6.45) is 0. The minimum atomic E-state index is -1.09. The van der Waals surface area contributed by atoms with Gasteiger partial charge in [0.2, 0.25) is 5.91 Å². The fourth-order valence-corrected chi connectivity index (χ4v) is 2.49. The molecular weight excluding hydrogens is 341 g/mol. The molecule has 0 spiro atoms. The zero-order valence-corrected chi connectivity index (χ0v) is 13.5. The first-order chi connectivity index (χ1) is 12.5. The van der Waals surface area contributed by atoms with Gasteiger partial charge >= 0.3 is 17.8 Å². The quantitative estimate of drug-likeness (QED) is 0.654. The van der Waals surface area contributed by atoms with Crippen molar-refractivity contribution in [3.05, 3.63) is 66.0 Å². The highest BCUT2D eigenvalue weighted by atomic mass is 19.1. The molecule has 0 bridgehead atoms. The molecule has 3 rings (SSSR count). The number of benzene rings is 2. The first-order valence-electron chi connectivity index (χ1n) is 7.73. The third kappa shape index (κ3) is 3.44. The lowest BCUT2D eigenvalue weighted by Crippen LogP contribution is -2.39. The Labute approximate surface area is 148 Å². The molecule has 7 nitrogen and oxygen atoms in total. The number of nitrogens with one attached hydrogen (secondary N) is 1. The normalized spacial score (nSPS) is 14.1.